The van der Waals surface area contributed by atoms with Crippen molar-refractivity contribution in [2.24, 2.45) is 11.7 Å². The van der Waals surface area contributed by atoms with E-state index in [1.807, 2.05) is 0 Å². The Balaban J connectivity index is 1.90. The maximum Gasteiger partial charge on any atom is 0.227 e. The summed E-state index contributed by atoms with van der Waals surface area (Å²) in [5.41, 5.74) is 6.04. The van der Waals surface area contributed by atoms with Gasteiger partial charge < -0.3 is 10.6 Å². The van der Waals surface area contributed by atoms with Crippen molar-refractivity contribution >= 4 is 5.91 Å². The van der Waals surface area contributed by atoms with E-state index in [-0.39, 0.29) is 12.0 Å². The number of likely N-dealkylation sites (N-methyl/N-ethyl adjacent to an activating group) is 1. The molecule has 0 unspecified atom stereocenters. The second-order valence-corrected chi connectivity index (χ2v) is 5.65. The summed E-state index contributed by atoms with van der Waals surface area (Å²) < 4.78 is 0. The van der Waals surface area contributed by atoms with Crippen LogP contribution in [0.5, 0.6) is 0 Å². The number of hydrogen-bond acceptors (Lipinski definition) is 3. The number of amides is 1. The molecule has 104 valence electrons. The van der Waals surface area contributed by atoms with Gasteiger partial charge in [0.1, 0.15) is 0 Å². The van der Waals surface area contributed by atoms with E-state index in [1.54, 1.807) is 0 Å². The third-order valence-electron chi connectivity index (χ3n) is 4.69. The maximum absolute atomic E-state index is 12.4. The zero-order valence-corrected chi connectivity index (χ0v) is 11.8. The van der Waals surface area contributed by atoms with Gasteiger partial charge in [-0.15, -0.1) is 0 Å². The summed E-state index contributed by atoms with van der Waals surface area (Å²) in [6.07, 6.45) is 4.25. The fourth-order valence-corrected chi connectivity index (χ4v) is 3.51. The highest BCUT2D eigenvalue weighted by Crippen LogP contribution is 2.27. The first kappa shape index (κ1) is 13.8. The van der Waals surface area contributed by atoms with Crippen LogP contribution in [0.4, 0.5) is 0 Å². The first-order valence-corrected chi connectivity index (χ1v) is 7.45. The molecule has 4 nitrogen and oxygen atoms in total. The molecule has 0 aromatic carbocycles. The number of rotatable bonds is 4. The second kappa shape index (κ2) is 6.02. The number of nitrogens with two attached hydrogens (primary N) is 1. The molecule has 1 amide bonds. The predicted octanol–water partition coefficient (Wildman–Crippen LogP) is 1.06. The summed E-state index contributed by atoms with van der Waals surface area (Å²) in [6, 6.07) is 0.659. The zero-order valence-electron chi connectivity index (χ0n) is 11.8. The first-order chi connectivity index (χ1) is 8.67. The fraction of sp³-hybridized carbons (Fsp3) is 0.929. The Morgan fingerprint density at radius 3 is 2.56 bits per heavy atom. The molecule has 4 heteroatoms. The van der Waals surface area contributed by atoms with E-state index in [0.717, 1.165) is 51.9 Å². The van der Waals surface area contributed by atoms with Gasteiger partial charge in [0.15, 0.2) is 0 Å². The molecular formula is C14H27N3O. The molecule has 0 spiro atoms. The molecule has 3 atom stereocenters. The molecule has 0 aromatic rings. The maximum atomic E-state index is 12.4. The van der Waals surface area contributed by atoms with Crippen LogP contribution in [0.2, 0.25) is 0 Å². The van der Waals surface area contributed by atoms with Crippen LogP contribution >= 0.6 is 0 Å². The van der Waals surface area contributed by atoms with Gasteiger partial charge in [-0.25, -0.2) is 0 Å². The SMILES string of the molecule is CCN(CC)[C@@H]1CCN(C(=O)[C@@H]2CCC[C@H]2N)C1. The third-order valence-corrected chi connectivity index (χ3v) is 4.69. The molecule has 0 aromatic heterocycles. The highest BCUT2D eigenvalue weighted by atomic mass is 16.2. The number of likely N-dealkylation sites (tertiary alicyclic amines) is 1. The number of nitrogens with zero attached hydrogens (tertiary/aromatic N) is 2. The van der Waals surface area contributed by atoms with E-state index >= 15 is 0 Å². The Bertz CT molecular complexity index is 291. The summed E-state index contributed by atoms with van der Waals surface area (Å²) in [6.45, 7) is 8.37. The van der Waals surface area contributed by atoms with Gasteiger partial charge in [-0.3, -0.25) is 9.69 Å². The average Bonchev–Trinajstić information content (AvgIpc) is 2.99. The molecule has 1 saturated carbocycles. The Hall–Kier alpha value is -0.610. The molecule has 2 aliphatic rings. The van der Waals surface area contributed by atoms with Crippen LogP contribution in [0, 0.1) is 5.92 Å². The van der Waals surface area contributed by atoms with Crippen molar-refractivity contribution in [3.8, 4) is 0 Å². The average molecular weight is 253 g/mol. The Kier molecular flexibility index (Phi) is 4.62. The summed E-state index contributed by atoms with van der Waals surface area (Å²) in [7, 11) is 0. The van der Waals surface area contributed by atoms with E-state index in [9.17, 15) is 4.79 Å². The quantitative estimate of drug-likeness (QED) is 0.815. The van der Waals surface area contributed by atoms with Crippen LogP contribution in [0.15, 0.2) is 0 Å². The van der Waals surface area contributed by atoms with Crippen LogP contribution in [0.25, 0.3) is 0 Å². The second-order valence-electron chi connectivity index (χ2n) is 5.65. The number of carbonyl (C=O) groups is 1. The van der Waals surface area contributed by atoms with E-state index in [2.05, 4.69) is 23.6 Å². The summed E-state index contributed by atoms with van der Waals surface area (Å²) >= 11 is 0. The molecule has 0 bridgehead atoms. The summed E-state index contributed by atoms with van der Waals surface area (Å²) in [5.74, 6) is 0.412. The topological polar surface area (TPSA) is 49.6 Å². The molecule has 1 aliphatic heterocycles. The predicted molar refractivity (Wildman–Crippen MR) is 73.2 cm³/mol. The minimum atomic E-state index is 0.0976. The van der Waals surface area contributed by atoms with Crippen LogP contribution < -0.4 is 5.73 Å². The van der Waals surface area contributed by atoms with Gasteiger partial charge in [0.2, 0.25) is 5.91 Å². The van der Waals surface area contributed by atoms with Crippen molar-refractivity contribution in [3.63, 3.8) is 0 Å². The molecule has 2 N–H and O–H groups in total. The zero-order chi connectivity index (χ0) is 13.1. The normalized spacial score (nSPS) is 32.4. The smallest absolute Gasteiger partial charge is 0.227 e. The lowest BCUT2D eigenvalue weighted by atomic mass is 10.0. The number of carbonyl (C=O) groups excluding carboxylic acids is 1. The third kappa shape index (κ3) is 2.69. The molecule has 2 rings (SSSR count). The lowest BCUT2D eigenvalue weighted by Gasteiger charge is -2.27. The highest BCUT2D eigenvalue weighted by molar-refractivity contribution is 5.80. The van der Waals surface area contributed by atoms with Crippen molar-refractivity contribution in [1.29, 1.82) is 0 Å². The van der Waals surface area contributed by atoms with Crippen molar-refractivity contribution in [2.45, 2.75) is 51.6 Å². The van der Waals surface area contributed by atoms with Gasteiger partial charge in [-0.1, -0.05) is 20.3 Å². The minimum Gasteiger partial charge on any atom is -0.341 e. The summed E-state index contributed by atoms with van der Waals surface area (Å²) in [4.78, 5) is 16.9. The highest BCUT2D eigenvalue weighted by Gasteiger charge is 2.37. The van der Waals surface area contributed by atoms with Crippen molar-refractivity contribution in [3.05, 3.63) is 0 Å². The van der Waals surface area contributed by atoms with E-state index in [4.69, 9.17) is 5.73 Å². The lowest BCUT2D eigenvalue weighted by Crippen LogP contribution is -2.43. The molecular weight excluding hydrogens is 226 g/mol. The van der Waals surface area contributed by atoms with Gasteiger partial charge >= 0.3 is 0 Å². The molecule has 1 heterocycles. The van der Waals surface area contributed by atoms with Crippen molar-refractivity contribution < 1.29 is 4.79 Å². The number of hydrogen-bond donors (Lipinski definition) is 1. The van der Waals surface area contributed by atoms with E-state index in [1.165, 1.54) is 0 Å². The molecule has 0 radical (unpaired) electrons. The van der Waals surface area contributed by atoms with Gasteiger partial charge in [0.05, 0.1) is 5.92 Å². The van der Waals surface area contributed by atoms with Gasteiger partial charge in [0.25, 0.3) is 0 Å². The first-order valence-electron chi connectivity index (χ1n) is 7.45. The van der Waals surface area contributed by atoms with Crippen LogP contribution in [0.1, 0.15) is 39.5 Å². The van der Waals surface area contributed by atoms with Crippen LogP contribution in [-0.2, 0) is 4.79 Å². The monoisotopic (exact) mass is 253 g/mol. The Morgan fingerprint density at radius 2 is 2.00 bits per heavy atom. The fourth-order valence-electron chi connectivity index (χ4n) is 3.51. The largest absolute Gasteiger partial charge is 0.341 e. The molecule has 1 saturated heterocycles. The van der Waals surface area contributed by atoms with E-state index in [0.29, 0.717) is 11.9 Å². The Labute approximate surface area is 110 Å². The van der Waals surface area contributed by atoms with Gasteiger partial charge in [0, 0.05) is 25.2 Å². The minimum absolute atomic E-state index is 0.0976. The molecule has 2 fully saturated rings. The molecule has 1 aliphatic carbocycles. The van der Waals surface area contributed by atoms with Gasteiger partial charge in [-0.05, 0) is 32.4 Å². The van der Waals surface area contributed by atoms with Gasteiger partial charge in [-0.2, -0.15) is 0 Å². The van der Waals surface area contributed by atoms with Crippen LogP contribution in [0.3, 0.4) is 0 Å². The Morgan fingerprint density at radius 1 is 1.28 bits per heavy atom. The summed E-state index contributed by atoms with van der Waals surface area (Å²) in [5, 5.41) is 0. The van der Waals surface area contributed by atoms with Crippen molar-refractivity contribution in [1.82, 2.24) is 9.80 Å². The standard InChI is InChI=1S/C14H27N3O/c1-3-16(4-2)11-8-9-17(10-11)14(18)12-6-5-7-13(12)15/h11-13H,3-10,15H2,1-2H3/t11-,12-,13-/m1/s1. The van der Waals surface area contributed by atoms with E-state index < -0.39 is 0 Å². The van der Waals surface area contributed by atoms with Crippen LogP contribution in [-0.4, -0.2) is 54.0 Å². The lowest BCUT2D eigenvalue weighted by molar-refractivity contribution is -0.134. The van der Waals surface area contributed by atoms with Crippen molar-refractivity contribution in [2.75, 3.05) is 26.2 Å². The molecule has 18 heavy (non-hydrogen) atoms.